The Morgan fingerprint density at radius 3 is 2.33 bits per heavy atom. The van der Waals surface area contributed by atoms with Gasteiger partial charge in [0.2, 0.25) is 0 Å². The van der Waals surface area contributed by atoms with Crippen molar-refractivity contribution < 1.29 is 5.11 Å². The van der Waals surface area contributed by atoms with E-state index in [0.29, 0.717) is 0 Å². The van der Waals surface area contributed by atoms with Gasteiger partial charge in [-0.25, -0.2) is 0 Å². The van der Waals surface area contributed by atoms with Gasteiger partial charge >= 0.3 is 0 Å². The largest absolute Gasteiger partial charge is 0.394 e. The van der Waals surface area contributed by atoms with E-state index in [-0.39, 0.29) is 12.1 Å². The Hall–Kier alpha value is -0.900. The van der Waals surface area contributed by atoms with Crippen LogP contribution in [0.3, 0.4) is 0 Å². The van der Waals surface area contributed by atoms with Crippen LogP contribution >= 0.6 is 0 Å². The summed E-state index contributed by atoms with van der Waals surface area (Å²) in [5.74, 6) is 0. The molecule has 3 nitrogen and oxygen atoms in total. The van der Waals surface area contributed by atoms with Crippen LogP contribution < -0.4 is 5.32 Å². The van der Waals surface area contributed by atoms with Gasteiger partial charge in [0, 0.05) is 6.54 Å². The molecule has 1 unspecified atom stereocenters. The van der Waals surface area contributed by atoms with Crippen molar-refractivity contribution in [3.05, 3.63) is 35.9 Å². The van der Waals surface area contributed by atoms with Gasteiger partial charge in [-0.1, -0.05) is 50.1 Å². The third kappa shape index (κ3) is 4.53. The van der Waals surface area contributed by atoms with Crippen LogP contribution in [0.15, 0.2) is 30.3 Å². The molecule has 2 N–H and O–H groups in total. The van der Waals surface area contributed by atoms with Gasteiger partial charge in [-0.3, -0.25) is 0 Å². The fourth-order valence-electron chi connectivity index (χ4n) is 3.37. The van der Waals surface area contributed by atoms with Crippen molar-refractivity contribution in [1.82, 2.24) is 10.2 Å². The molecule has 0 aliphatic carbocycles. The van der Waals surface area contributed by atoms with Gasteiger partial charge in [0.15, 0.2) is 0 Å². The number of hydrogen-bond donors (Lipinski definition) is 2. The van der Waals surface area contributed by atoms with Crippen molar-refractivity contribution in [1.29, 1.82) is 0 Å². The van der Waals surface area contributed by atoms with E-state index >= 15 is 0 Å². The maximum atomic E-state index is 10.1. The molecule has 1 aromatic rings. The van der Waals surface area contributed by atoms with E-state index < -0.39 is 0 Å². The number of aliphatic hydroxyl groups is 1. The van der Waals surface area contributed by atoms with E-state index in [1.165, 1.54) is 44.3 Å². The zero-order valence-electron chi connectivity index (χ0n) is 13.4. The molecule has 1 fully saturated rings. The Morgan fingerprint density at radius 1 is 1.10 bits per heavy atom. The summed E-state index contributed by atoms with van der Waals surface area (Å²) in [4.78, 5) is 2.57. The molecule has 3 heteroatoms. The van der Waals surface area contributed by atoms with Crippen molar-refractivity contribution in [3.8, 4) is 0 Å². The highest BCUT2D eigenvalue weighted by Gasteiger charge is 2.30. The minimum atomic E-state index is -0.303. The number of likely N-dealkylation sites (N-methyl/N-ethyl adjacent to an activating group) is 1. The van der Waals surface area contributed by atoms with E-state index in [4.69, 9.17) is 0 Å². The van der Waals surface area contributed by atoms with Crippen LogP contribution in [0, 0.1) is 0 Å². The van der Waals surface area contributed by atoms with Crippen LogP contribution in [0.5, 0.6) is 0 Å². The predicted octanol–water partition coefficient (Wildman–Crippen LogP) is 2.75. The van der Waals surface area contributed by atoms with Crippen molar-refractivity contribution in [2.45, 2.75) is 44.6 Å². The Balaban J connectivity index is 2.05. The fraction of sp³-hybridized carbons (Fsp3) is 0.667. The van der Waals surface area contributed by atoms with E-state index in [9.17, 15) is 5.11 Å². The first-order valence-corrected chi connectivity index (χ1v) is 8.44. The van der Waals surface area contributed by atoms with Crippen LogP contribution in [0.25, 0.3) is 0 Å². The van der Waals surface area contributed by atoms with E-state index in [2.05, 4.69) is 41.4 Å². The van der Waals surface area contributed by atoms with Gasteiger partial charge in [-0.15, -0.1) is 0 Å². The van der Waals surface area contributed by atoms with E-state index in [1.807, 2.05) is 6.07 Å². The Bertz CT molecular complexity index is 387. The lowest BCUT2D eigenvalue weighted by molar-refractivity contribution is 0.134. The van der Waals surface area contributed by atoms with Crippen LogP contribution in [0.1, 0.15) is 44.6 Å². The molecule has 118 valence electrons. The average molecular weight is 290 g/mol. The number of rotatable bonds is 7. The second-order valence-corrected chi connectivity index (χ2v) is 6.14. The van der Waals surface area contributed by atoms with Crippen molar-refractivity contribution in [3.63, 3.8) is 0 Å². The monoisotopic (exact) mass is 290 g/mol. The summed E-state index contributed by atoms with van der Waals surface area (Å²) in [6.45, 7) is 6.61. The molecule has 1 aliphatic heterocycles. The highest BCUT2D eigenvalue weighted by atomic mass is 16.3. The van der Waals surface area contributed by atoms with Crippen LogP contribution in [0.4, 0.5) is 0 Å². The SMILES string of the molecule is CCNC(CO)(CCN1CCCCCC1)c1ccccc1. The van der Waals surface area contributed by atoms with Crippen molar-refractivity contribution in [2.75, 3.05) is 32.8 Å². The third-order valence-electron chi connectivity index (χ3n) is 4.66. The minimum Gasteiger partial charge on any atom is -0.394 e. The topological polar surface area (TPSA) is 35.5 Å². The molecule has 0 spiro atoms. The molecule has 21 heavy (non-hydrogen) atoms. The second kappa shape index (κ2) is 8.52. The molecule has 0 radical (unpaired) electrons. The van der Waals surface area contributed by atoms with Gasteiger partial charge in [-0.05, 0) is 44.5 Å². The highest BCUT2D eigenvalue weighted by molar-refractivity contribution is 5.24. The number of nitrogens with one attached hydrogen (secondary N) is 1. The lowest BCUT2D eigenvalue weighted by Gasteiger charge is -2.35. The normalized spacial score (nSPS) is 19.9. The Kier molecular flexibility index (Phi) is 6.68. The summed E-state index contributed by atoms with van der Waals surface area (Å²) in [5, 5.41) is 13.6. The maximum absolute atomic E-state index is 10.1. The molecule has 1 heterocycles. The minimum absolute atomic E-state index is 0.151. The Morgan fingerprint density at radius 2 is 1.76 bits per heavy atom. The standard InChI is InChI=1S/C18H30N2O/c1-2-19-18(16-21,17-10-6-5-7-11-17)12-15-20-13-8-3-4-9-14-20/h5-7,10-11,19,21H,2-4,8-9,12-16H2,1H3. The van der Waals surface area contributed by atoms with E-state index in [0.717, 1.165) is 19.5 Å². The summed E-state index contributed by atoms with van der Waals surface area (Å²) >= 11 is 0. The molecule has 1 saturated heterocycles. The lowest BCUT2D eigenvalue weighted by atomic mass is 9.87. The third-order valence-corrected chi connectivity index (χ3v) is 4.66. The van der Waals surface area contributed by atoms with Gasteiger partial charge in [0.1, 0.15) is 0 Å². The highest BCUT2D eigenvalue weighted by Crippen LogP contribution is 2.25. The maximum Gasteiger partial charge on any atom is 0.0681 e. The first kappa shape index (κ1) is 16.5. The average Bonchev–Trinajstić information content (AvgIpc) is 2.81. The van der Waals surface area contributed by atoms with Crippen molar-refractivity contribution in [2.24, 2.45) is 0 Å². The number of aliphatic hydroxyl groups excluding tert-OH is 1. The zero-order valence-corrected chi connectivity index (χ0v) is 13.4. The van der Waals surface area contributed by atoms with Crippen LogP contribution in [0.2, 0.25) is 0 Å². The van der Waals surface area contributed by atoms with Gasteiger partial charge in [-0.2, -0.15) is 0 Å². The summed E-state index contributed by atoms with van der Waals surface area (Å²) < 4.78 is 0. The first-order chi connectivity index (χ1) is 10.3. The molecular formula is C18H30N2O. The van der Waals surface area contributed by atoms with Crippen molar-refractivity contribution >= 4 is 0 Å². The Labute approximate surface area is 129 Å². The quantitative estimate of drug-likeness (QED) is 0.810. The number of hydrogen-bond acceptors (Lipinski definition) is 3. The molecule has 1 aliphatic rings. The van der Waals surface area contributed by atoms with Crippen LogP contribution in [-0.4, -0.2) is 42.8 Å². The molecule has 0 saturated carbocycles. The summed E-state index contributed by atoms with van der Waals surface area (Å²) in [7, 11) is 0. The summed E-state index contributed by atoms with van der Waals surface area (Å²) in [6, 6.07) is 10.4. The second-order valence-electron chi connectivity index (χ2n) is 6.14. The van der Waals surface area contributed by atoms with Gasteiger partial charge in [0.25, 0.3) is 0 Å². The van der Waals surface area contributed by atoms with Gasteiger partial charge in [0.05, 0.1) is 12.1 Å². The number of nitrogens with zero attached hydrogens (tertiary/aromatic N) is 1. The molecule has 0 amide bonds. The smallest absolute Gasteiger partial charge is 0.0681 e. The molecule has 0 bridgehead atoms. The summed E-state index contributed by atoms with van der Waals surface area (Å²) in [5.41, 5.74) is 0.895. The number of likely N-dealkylation sites (tertiary alicyclic amines) is 1. The predicted molar refractivity (Wildman–Crippen MR) is 88.4 cm³/mol. The lowest BCUT2D eigenvalue weighted by Crippen LogP contribution is -2.48. The fourth-order valence-corrected chi connectivity index (χ4v) is 3.37. The van der Waals surface area contributed by atoms with Gasteiger partial charge < -0.3 is 15.3 Å². The molecule has 2 rings (SSSR count). The molecule has 1 atom stereocenters. The first-order valence-electron chi connectivity index (χ1n) is 8.44. The van der Waals surface area contributed by atoms with Crippen LogP contribution in [-0.2, 0) is 5.54 Å². The van der Waals surface area contributed by atoms with E-state index in [1.54, 1.807) is 0 Å². The number of benzene rings is 1. The molecular weight excluding hydrogens is 260 g/mol. The molecule has 0 aromatic heterocycles. The zero-order chi connectivity index (χ0) is 15.0. The summed E-state index contributed by atoms with van der Waals surface area (Å²) in [6.07, 6.45) is 6.33. The molecule has 1 aromatic carbocycles.